The maximum Gasteiger partial charge on any atom is 0.277 e. The van der Waals surface area contributed by atoms with Crippen molar-refractivity contribution in [2.75, 3.05) is 0 Å². The van der Waals surface area contributed by atoms with Gasteiger partial charge in [-0.25, -0.2) is 0 Å². The van der Waals surface area contributed by atoms with E-state index in [-0.39, 0.29) is 0 Å². The van der Waals surface area contributed by atoms with Gasteiger partial charge in [-0.1, -0.05) is 47.3 Å². The van der Waals surface area contributed by atoms with Crippen molar-refractivity contribution in [3.63, 3.8) is 0 Å². The van der Waals surface area contributed by atoms with Crippen molar-refractivity contribution in [2.24, 2.45) is 0 Å². The van der Waals surface area contributed by atoms with E-state index >= 15 is 0 Å². The fraction of sp³-hybridized carbons (Fsp3) is 0.0625. The molecule has 24 heavy (non-hydrogen) atoms. The van der Waals surface area contributed by atoms with E-state index in [1.54, 1.807) is 12.4 Å². The summed E-state index contributed by atoms with van der Waals surface area (Å²) >= 11 is 1.34. The Kier molecular flexibility index (Phi) is 4.03. The number of pyridine rings is 1. The summed E-state index contributed by atoms with van der Waals surface area (Å²) < 4.78 is 10.8. The highest BCUT2D eigenvalue weighted by Gasteiger charge is 2.12. The van der Waals surface area contributed by atoms with Gasteiger partial charge in [0.05, 0.1) is 11.3 Å². The van der Waals surface area contributed by atoms with Crippen molar-refractivity contribution in [3.05, 3.63) is 60.7 Å². The molecule has 0 aliphatic heterocycles. The van der Waals surface area contributed by atoms with Gasteiger partial charge in [-0.2, -0.15) is 4.98 Å². The fourth-order valence-corrected chi connectivity index (χ4v) is 2.62. The summed E-state index contributed by atoms with van der Waals surface area (Å²) in [6, 6.07) is 13.3. The topological polar surface area (TPSA) is 90.7 Å². The van der Waals surface area contributed by atoms with E-state index in [9.17, 15) is 0 Å². The zero-order valence-corrected chi connectivity index (χ0v) is 13.2. The summed E-state index contributed by atoms with van der Waals surface area (Å²) in [7, 11) is 0. The number of hydrogen-bond acceptors (Lipinski definition) is 8. The Labute approximate surface area is 141 Å². The molecule has 0 saturated carbocycles. The SMILES string of the molecule is c1ccc(-c2noc(CSc3nnc(-c4cccnc4)o3)n2)cc1. The van der Waals surface area contributed by atoms with Crippen molar-refractivity contribution in [1.29, 1.82) is 0 Å². The van der Waals surface area contributed by atoms with Gasteiger partial charge in [-0.15, -0.1) is 10.2 Å². The molecular weight excluding hydrogens is 326 g/mol. The van der Waals surface area contributed by atoms with Gasteiger partial charge in [0.2, 0.25) is 17.6 Å². The number of rotatable bonds is 5. The van der Waals surface area contributed by atoms with Crippen molar-refractivity contribution < 1.29 is 8.94 Å². The summed E-state index contributed by atoms with van der Waals surface area (Å²) in [5, 5.41) is 12.4. The molecule has 4 rings (SSSR count). The molecule has 0 atom stereocenters. The third kappa shape index (κ3) is 3.18. The summed E-state index contributed by atoms with van der Waals surface area (Å²) in [5.74, 6) is 1.95. The van der Waals surface area contributed by atoms with Crippen LogP contribution in [0.2, 0.25) is 0 Å². The molecule has 0 spiro atoms. The monoisotopic (exact) mass is 337 g/mol. The molecule has 4 aromatic rings. The summed E-state index contributed by atoms with van der Waals surface area (Å²) in [6.07, 6.45) is 3.36. The van der Waals surface area contributed by atoms with Crippen LogP contribution in [0, 0.1) is 0 Å². The van der Waals surface area contributed by atoms with Gasteiger partial charge in [0.15, 0.2) is 0 Å². The highest BCUT2D eigenvalue weighted by Crippen LogP contribution is 2.25. The first-order chi connectivity index (χ1) is 11.9. The van der Waals surface area contributed by atoms with Crippen molar-refractivity contribution in [3.8, 4) is 22.8 Å². The number of hydrogen-bond donors (Lipinski definition) is 0. The van der Waals surface area contributed by atoms with Crippen LogP contribution < -0.4 is 0 Å². The quantitative estimate of drug-likeness (QED) is 0.511. The molecule has 3 aromatic heterocycles. The average Bonchev–Trinajstić information content (AvgIpc) is 3.31. The van der Waals surface area contributed by atoms with Crippen LogP contribution in [-0.4, -0.2) is 25.3 Å². The van der Waals surface area contributed by atoms with E-state index in [1.807, 2.05) is 42.5 Å². The van der Waals surface area contributed by atoms with Crippen LogP contribution in [0.15, 0.2) is 69.0 Å². The van der Waals surface area contributed by atoms with Crippen LogP contribution >= 0.6 is 11.8 Å². The molecule has 0 aliphatic rings. The maximum atomic E-state index is 5.59. The Morgan fingerprint density at radius 2 is 1.83 bits per heavy atom. The maximum absolute atomic E-state index is 5.59. The second kappa shape index (κ2) is 6.63. The van der Waals surface area contributed by atoms with Gasteiger partial charge < -0.3 is 8.94 Å². The summed E-state index contributed by atoms with van der Waals surface area (Å²) in [6.45, 7) is 0. The van der Waals surface area contributed by atoms with Crippen molar-refractivity contribution >= 4 is 11.8 Å². The van der Waals surface area contributed by atoms with Crippen molar-refractivity contribution in [2.45, 2.75) is 11.0 Å². The van der Waals surface area contributed by atoms with Gasteiger partial charge >= 0.3 is 0 Å². The molecule has 0 N–H and O–H groups in total. The predicted octanol–water partition coefficient (Wildman–Crippen LogP) is 3.47. The first-order valence-electron chi connectivity index (χ1n) is 7.13. The first-order valence-corrected chi connectivity index (χ1v) is 8.12. The third-order valence-electron chi connectivity index (χ3n) is 3.13. The second-order valence-corrected chi connectivity index (χ2v) is 5.71. The molecule has 3 heterocycles. The molecular formula is C16H11N5O2S. The lowest BCUT2D eigenvalue weighted by atomic mass is 10.2. The van der Waals surface area contributed by atoms with E-state index in [1.165, 1.54) is 11.8 Å². The summed E-state index contributed by atoms with van der Waals surface area (Å²) in [4.78, 5) is 8.39. The van der Waals surface area contributed by atoms with E-state index in [2.05, 4.69) is 25.3 Å². The zero-order valence-electron chi connectivity index (χ0n) is 12.4. The highest BCUT2D eigenvalue weighted by molar-refractivity contribution is 7.98. The van der Waals surface area contributed by atoms with Crippen LogP contribution in [0.5, 0.6) is 0 Å². The van der Waals surface area contributed by atoms with Gasteiger partial charge in [0.25, 0.3) is 5.22 Å². The van der Waals surface area contributed by atoms with E-state index in [0.29, 0.717) is 28.6 Å². The Morgan fingerprint density at radius 1 is 0.958 bits per heavy atom. The first kappa shape index (κ1) is 14.6. The van der Waals surface area contributed by atoms with Gasteiger partial charge in [-0.3, -0.25) is 4.98 Å². The number of benzene rings is 1. The fourth-order valence-electron chi connectivity index (χ4n) is 2.02. The van der Waals surface area contributed by atoms with Crippen LogP contribution in [0.4, 0.5) is 0 Å². The average molecular weight is 337 g/mol. The Bertz CT molecular complexity index is 846. The lowest BCUT2D eigenvalue weighted by molar-refractivity contribution is 0.391. The van der Waals surface area contributed by atoms with E-state index in [4.69, 9.17) is 8.94 Å². The van der Waals surface area contributed by atoms with Crippen LogP contribution in [0.1, 0.15) is 5.89 Å². The zero-order chi connectivity index (χ0) is 16.2. The molecule has 0 fully saturated rings. The van der Waals surface area contributed by atoms with Crippen LogP contribution in [0.25, 0.3) is 22.8 Å². The number of nitrogens with zero attached hydrogens (tertiary/aromatic N) is 5. The second-order valence-electron chi connectivity index (χ2n) is 4.78. The number of aromatic nitrogens is 5. The Morgan fingerprint density at radius 3 is 2.67 bits per heavy atom. The van der Waals surface area contributed by atoms with E-state index in [0.717, 1.165) is 11.1 Å². The lowest BCUT2D eigenvalue weighted by Crippen LogP contribution is -1.82. The van der Waals surface area contributed by atoms with E-state index < -0.39 is 0 Å². The Balaban J connectivity index is 1.43. The Hall–Kier alpha value is -3.00. The molecule has 0 bridgehead atoms. The van der Waals surface area contributed by atoms with Crippen LogP contribution in [0.3, 0.4) is 0 Å². The van der Waals surface area contributed by atoms with Crippen molar-refractivity contribution in [1.82, 2.24) is 25.3 Å². The standard InChI is InChI=1S/C16H11N5O2S/c1-2-5-11(6-3-1)14-18-13(23-21-14)10-24-16-20-19-15(22-16)12-7-4-8-17-9-12/h1-9H,10H2. The third-order valence-corrected chi connectivity index (χ3v) is 3.94. The number of thioether (sulfide) groups is 1. The van der Waals surface area contributed by atoms with Gasteiger partial charge in [0, 0.05) is 18.0 Å². The molecule has 0 saturated heterocycles. The normalized spacial score (nSPS) is 10.8. The predicted molar refractivity (Wildman–Crippen MR) is 86.8 cm³/mol. The minimum atomic E-state index is 0.432. The molecule has 8 heteroatoms. The smallest absolute Gasteiger partial charge is 0.277 e. The molecule has 0 radical (unpaired) electrons. The molecule has 0 amide bonds. The molecule has 0 aliphatic carbocycles. The molecule has 0 unspecified atom stereocenters. The lowest BCUT2D eigenvalue weighted by Gasteiger charge is -1.92. The molecule has 1 aromatic carbocycles. The summed E-state index contributed by atoms with van der Waals surface area (Å²) in [5.41, 5.74) is 1.69. The molecule has 118 valence electrons. The minimum absolute atomic E-state index is 0.432. The van der Waals surface area contributed by atoms with Gasteiger partial charge in [0.1, 0.15) is 0 Å². The highest BCUT2D eigenvalue weighted by atomic mass is 32.2. The molecule has 7 nitrogen and oxygen atoms in total. The largest absolute Gasteiger partial charge is 0.411 e. The van der Waals surface area contributed by atoms with Crippen LogP contribution in [-0.2, 0) is 5.75 Å². The van der Waals surface area contributed by atoms with Gasteiger partial charge in [-0.05, 0) is 12.1 Å². The minimum Gasteiger partial charge on any atom is -0.411 e.